The van der Waals surface area contributed by atoms with Crippen LogP contribution in [0.2, 0.25) is 0 Å². The predicted octanol–water partition coefficient (Wildman–Crippen LogP) is 4.76. The van der Waals surface area contributed by atoms with Crippen molar-refractivity contribution in [2.45, 2.75) is 112 Å². The second-order valence-corrected chi connectivity index (χ2v) is 13.2. The Morgan fingerprint density at radius 1 is 0.767 bits per heavy atom. The molecule has 0 spiro atoms. The zero-order chi connectivity index (χ0) is 23.9. The lowest BCUT2D eigenvalue weighted by Crippen LogP contribution is -2.70. The molecule has 2 aliphatic rings. The van der Waals surface area contributed by atoms with E-state index in [0.29, 0.717) is 0 Å². The van der Waals surface area contributed by atoms with E-state index in [9.17, 15) is 13.8 Å². The standard InChI is InChI=1S/C22H39NO6S/c1-16(2,3)27-14(24)22-20(11,12)18(7,8)19(9,10)21(22,13)29-30(26)23(22)15(25)28-17(4,5)6/h1-13H3/t21-,22-,30?/m0/s1. The molecule has 30 heavy (non-hydrogen) atoms. The summed E-state index contributed by atoms with van der Waals surface area (Å²) in [5.41, 5.74) is -6.69. The van der Waals surface area contributed by atoms with E-state index in [-0.39, 0.29) is 0 Å². The summed E-state index contributed by atoms with van der Waals surface area (Å²) < 4.78 is 31.8. The lowest BCUT2D eigenvalue weighted by atomic mass is 9.58. The molecule has 1 unspecified atom stereocenters. The van der Waals surface area contributed by atoms with Gasteiger partial charge in [-0.1, -0.05) is 41.5 Å². The largest absolute Gasteiger partial charge is 0.458 e. The van der Waals surface area contributed by atoms with E-state index in [1.807, 2.05) is 41.5 Å². The fraction of sp³-hybridized carbons (Fsp3) is 0.909. The van der Waals surface area contributed by atoms with Gasteiger partial charge in [0.05, 0.1) is 0 Å². The van der Waals surface area contributed by atoms with Crippen LogP contribution in [0.15, 0.2) is 0 Å². The molecule has 1 aliphatic heterocycles. The molecule has 0 aromatic rings. The Morgan fingerprint density at radius 2 is 1.20 bits per heavy atom. The van der Waals surface area contributed by atoms with Crippen LogP contribution in [0.5, 0.6) is 0 Å². The number of rotatable bonds is 1. The molecule has 1 heterocycles. The highest BCUT2D eigenvalue weighted by molar-refractivity contribution is 7.78. The molecular formula is C22H39NO6S. The lowest BCUT2D eigenvalue weighted by Gasteiger charge is -2.49. The molecule has 0 aromatic carbocycles. The summed E-state index contributed by atoms with van der Waals surface area (Å²) >= 11 is -2.23. The van der Waals surface area contributed by atoms with Crippen LogP contribution < -0.4 is 0 Å². The number of nitrogens with zero attached hydrogens (tertiary/aromatic N) is 1. The monoisotopic (exact) mass is 445 g/mol. The quantitative estimate of drug-likeness (QED) is 0.541. The second-order valence-electron chi connectivity index (χ2n) is 12.2. The fourth-order valence-electron chi connectivity index (χ4n) is 5.17. The van der Waals surface area contributed by atoms with E-state index in [1.54, 1.807) is 48.5 Å². The molecule has 1 amide bonds. The highest BCUT2D eigenvalue weighted by atomic mass is 32.2. The molecule has 0 N–H and O–H groups in total. The number of fused-ring (bicyclic) bond motifs is 1. The summed E-state index contributed by atoms with van der Waals surface area (Å²) in [7, 11) is 0. The Bertz CT molecular complexity index is 788. The fourth-order valence-corrected chi connectivity index (χ4v) is 6.72. The van der Waals surface area contributed by atoms with Crippen LogP contribution in [-0.4, -0.2) is 42.9 Å². The summed E-state index contributed by atoms with van der Waals surface area (Å²) in [6, 6.07) is 0. The van der Waals surface area contributed by atoms with Crippen LogP contribution in [0, 0.1) is 16.2 Å². The van der Waals surface area contributed by atoms with E-state index < -0.39 is 61.9 Å². The average Bonchev–Trinajstić information content (AvgIpc) is 2.75. The van der Waals surface area contributed by atoms with Gasteiger partial charge in [-0.25, -0.2) is 13.8 Å². The first kappa shape index (κ1) is 25.1. The van der Waals surface area contributed by atoms with E-state index in [1.165, 1.54) is 0 Å². The van der Waals surface area contributed by atoms with Gasteiger partial charge in [-0.05, 0) is 53.9 Å². The SMILES string of the molecule is CC(C)(C)OC(=O)N1S(=O)O[C@@]2(C)C(C)(C)C(C)(C)C(C)(C)[C@]12C(=O)OC(C)(C)C. The van der Waals surface area contributed by atoms with Crippen molar-refractivity contribution in [3.8, 4) is 0 Å². The normalized spacial score (nSPS) is 34.4. The molecule has 8 heteroatoms. The second kappa shape index (κ2) is 6.44. The van der Waals surface area contributed by atoms with Gasteiger partial charge < -0.3 is 9.47 Å². The Kier molecular flexibility index (Phi) is 5.39. The number of hydrogen-bond donors (Lipinski definition) is 0. The summed E-state index contributed by atoms with van der Waals surface area (Å²) in [4.78, 5) is 27.4. The maximum Gasteiger partial charge on any atom is 0.425 e. The minimum atomic E-state index is -2.23. The maximum atomic E-state index is 14.0. The lowest BCUT2D eigenvalue weighted by molar-refractivity contribution is -0.182. The average molecular weight is 446 g/mol. The molecule has 1 saturated heterocycles. The van der Waals surface area contributed by atoms with Gasteiger partial charge in [0.25, 0.3) is 11.3 Å². The molecule has 3 atom stereocenters. The third-order valence-electron chi connectivity index (χ3n) is 7.86. The van der Waals surface area contributed by atoms with Crippen molar-refractivity contribution in [1.82, 2.24) is 4.31 Å². The smallest absolute Gasteiger partial charge is 0.425 e. The van der Waals surface area contributed by atoms with Crippen LogP contribution >= 0.6 is 0 Å². The molecule has 1 saturated carbocycles. The number of ether oxygens (including phenoxy) is 2. The third kappa shape index (κ3) is 2.89. The Labute approximate surface area is 184 Å². The molecule has 0 aromatic heterocycles. The number of carbonyl (C=O) groups excluding carboxylic acids is 2. The van der Waals surface area contributed by atoms with Gasteiger partial charge in [0, 0.05) is 10.8 Å². The van der Waals surface area contributed by atoms with Crippen LogP contribution in [0.1, 0.15) is 90.0 Å². The van der Waals surface area contributed by atoms with Crippen LogP contribution in [0.3, 0.4) is 0 Å². The van der Waals surface area contributed by atoms with Crippen molar-refractivity contribution in [3.05, 3.63) is 0 Å². The minimum absolute atomic E-state index is 0.517. The van der Waals surface area contributed by atoms with Gasteiger partial charge in [0.1, 0.15) is 16.8 Å². The first-order valence-electron chi connectivity index (χ1n) is 10.4. The Balaban J connectivity index is 2.91. The minimum Gasteiger partial charge on any atom is -0.458 e. The van der Waals surface area contributed by atoms with Crippen molar-refractivity contribution in [1.29, 1.82) is 0 Å². The van der Waals surface area contributed by atoms with E-state index in [0.717, 1.165) is 4.31 Å². The van der Waals surface area contributed by atoms with Gasteiger partial charge in [0.2, 0.25) is 0 Å². The molecule has 2 rings (SSSR count). The first-order valence-corrected chi connectivity index (χ1v) is 11.4. The summed E-state index contributed by atoms with van der Waals surface area (Å²) in [6.45, 7) is 24.1. The molecule has 7 nitrogen and oxygen atoms in total. The van der Waals surface area contributed by atoms with E-state index in [2.05, 4.69) is 0 Å². The highest BCUT2D eigenvalue weighted by Gasteiger charge is 2.89. The van der Waals surface area contributed by atoms with E-state index >= 15 is 0 Å². The summed E-state index contributed by atoms with van der Waals surface area (Å²) in [6.07, 6.45) is -0.864. The topological polar surface area (TPSA) is 82.1 Å². The number of hydrogen-bond acceptors (Lipinski definition) is 6. The van der Waals surface area contributed by atoms with Gasteiger partial charge >= 0.3 is 12.1 Å². The Morgan fingerprint density at radius 3 is 1.60 bits per heavy atom. The van der Waals surface area contributed by atoms with Gasteiger partial charge in [-0.3, -0.25) is 4.18 Å². The van der Waals surface area contributed by atoms with Crippen molar-refractivity contribution in [2.75, 3.05) is 0 Å². The Hall–Kier alpha value is -1.15. The number of amides is 1. The van der Waals surface area contributed by atoms with Crippen molar-refractivity contribution >= 4 is 23.3 Å². The maximum absolute atomic E-state index is 14.0. The van der Waals surface area contributed by atoms with E-state index in [4.69, 9.17) is 13.7 Å². The zero-order valence-electron chi connectivity index (χ0n) is 20.8. The van der Waals surface area contributed by atoms with Gasteiger partial charge in [-0.2, -0.15) is 4.31 Å². The van der Waals surface area contributed by atoms with Gasteiger partial charge in [-0.15, -0.1) is 0 Å². The van der Waals surface area contributed by atoms with Crippen molar-refractivity contribution in [2.24, 2.45) is 16.2 Å². The molecule has 2 fully saturated rings. The first-order chi connectivity index (χ1) is 13.0. The molecule has 0 radical (unpaired) electrons. The molecule has 1 aliphatic carbocycles. The van der Waals surface area contributed by atoms with Crippen molar-refractivity contribution < 1.29 is 27.5 Å². The van der Waals surface area contributed by atoms with Crippen LogP contribution in [0.25, 0.3) is 0 Å². The van der Waals surface area contributed by atoms with Gasteiger partial charge in [0.15, 0.2) is 5.54 Å². The predicted molar refractivity (Wildman–Crippen MR) is 116 cm³/mol. The molecule has 174 valence electrons. The number of esters is 1. The third-order valence-corrected chi connectivity index (χ3v) is 9.05. The summed E-state index contributed by atoms with van der Waals surface area (Å²) in [5, 5.41) is 0. The highest BCUT2D eigenvalue weighted by Crippen LogP contribution is 2.76. The zero-order valence-corrected chi connectivity index (χ0v) is 21.6. The molecular weight excluding hydrogens is 406 g/mol. The number of carbonyl (C=O) groups is 2. The van der Waals surface area contributed by atoms with Crippen LogP contribution in [0.4, 0.5) is 4.79 Å². The summed E-state index contributed by atoms with van der Waals surface area (Å²) in [5.74, 6) is -0.641. The van der Waals surface area contributed by atoms with Crippen LogP contribution in [-0.2, 0) is 29.7 Å². The molecule has 0 bridgehead atoms. The van der Waals surface area contributed by atoms with Crippen molar-refractivity contribution in [3.63, 3.8) is 0 Å².